The first-order chi connectivity index (χ1) is 9.94. The lowest BCUT2D eigenvalue weighted by Crippen LogP contribution is -2.25. The van der Waals surface area contributed by atoms with Crippen molar-refractivity contribution < 1.29 is 8.42 Å². The number of H-pyrrole nitrogens is 1. The fraction of sp³-hybridized carbons (Fsp3) is 0.308. The molecule has 0 bridgehead atoms. The normalized spacial score (nSPS) is 11.8. The van der Waals surface area contributed by atoms with Crippen molar-refractivity contribution in [1.29, 1.82) is 0 Å². The molecule has 6 nitrogen and oxygen atoms in total. The van der Waals surface area contributed by atoms with Gasteiger partial charge in [0.1, 0.15) is 0 Å². The molecule has 8 heteroatoms. The molecule has 0 saturated carbocycles. The maximum absolute atomic E-state index is 12.4. The standard InChI is InChI=1S/C13H17BrN4O2S/c1-9-12(8-15-2)13(18-17-9)21(19,20)16-7-10-4-3-5-11(14)6-10/h3-6,15-16H,7-8H2,1-2H3,(H,17,18). The summed E-state index contributed by atoms with van der Waals surface area (Å²) in [4.78, 5) is 0. The maximum Gasteiger partial charge on any atom is 0.260 e. The number of nitrogens with one attached hydrogen (secondary N) is 3. The lowest BCUT2D eigenvalue weighted by atomic mass is 10.2. The van der Waals surface area contributed by atoms with Crippen molar-refractivity contribution in [3.8, 4) is 0 Å². The van der Waals surface area contributed by atoms with Crippen molar-refractivity contribution in [3.63, 3.8) is 0 Å². The van der Waals surface area contributed by atoms with Gasteiger partial charge < -0.3 is 5.32 Å². The van der Waals surface area contributed by atoms with Crippen LogP contribution in [0.1, 0.15) is 16.8 Å². The molecule has 1 aromatic heterocycles. The van der Waals surface area contributed by atoms with E-state index in [0.717, 1.165) is 15.7 Å². The summed E-state index contributed by atoms with van der Waals surface area (Å²) >= 11 is 3.36. The monoisotopic (exact) mass is 372 g/mol. The molecule has 3 N–H and O–H groups in total. The second-order valence-corrected chi connectivity index (χ2v) is 7.22. The number of hydrogen-bond donors (Lipinski definition) is 3. The molecule has 0 aliphatic rings. The summed E-state index contributed by atoms with van der Waals surface area (Å²) in [5.41, 5.74) is 2.27. The van der Waals surface area contributed by atoms with Gasteiger partial charge >= 0.3 is 0 Å². The summed E-state index contributed by atoms with van der Waals surface area (Å²) in [5, 5.41) is 9.62. The summed E-state index contributed by atoms with van der Waals surface area (Å²) in [6.07, 6.45) is 0. The van der Waals surface area contributed by atoms with Crippen molar-refractivity contribution in [3.05, 3.63) is 45.6 Å². The largest absolute Gasteiger partial charge is 0.316 e. The summed E-state index contributed by atoms with van der Waals surface area (Å²) in [6, 6.07) is 7.48. The van der Waals surface area contributed by atoms with E-state index in [0.29, 0.717) is 12.1 Å². The van der Waals surface area contributed by atoms with Gasteiger partial charge in [-0.05, 0) is 31.7 Å². The van der Waals surface area contributed by atoms with E-state index in [2.05, 4.69) is 36.2 Å². The number of sulfonamides is 1. The number of hydrogen-bond acceptors (Lipinski definition) is 4. The van der Waals surface area contributed by atoms with Gasteiger partial charge in [0.2, 0.25) is 0 Å². The molecule has 0 spiro atoms. The minimum Gasteiger partial charge on any atom is -0.316 e. The van der Waals surface area contributed by atoms with Crippen LogP contribution in [0, 0.1) is 6.92 Å². The van der Waals surface area contributed by atoms with Crippen molar-refractivity contribution in [2.75, 3.05) is 7.05 Å². The minimum absolute atomic E-state index is 0.0457. The molecule has 114 valence electrons. The smallest absolute Gasteiger partial charge is 0.260 e. The van der Waals surface area contributed by atoms with Crippen LogP contribution in [0.3, 0.4) is 0 Å². The van der Waals surface area contributed by atoms with Gasteiger partial charge in [0, 0.05) is 28.8 Å². The van der Waals surface area contributed by atoms with E-state index in [1.54, 1.807) is 14.0 Å². The molecule has 0 atom stereocenters. The number of aryl methyl sites for hydroxylation is 1. The Kier molecular flexibility index (Phi) is 5.15. The summed E-state index contributed by atoms with van der Waals surface area (Å²) < 4.78 is 28.2. The number of rotatable bonds is 6. The molecule has 21 heavy (non-hydrogen) atoms. The predicted octanol–water partition coefficient (Wildman–Crippen LogP) is 1.68. The Labute approximate surface area is 132 Å². The van der Waals surface area contributed by atoms with E-state index in [-0.39, 0.29) is 11.6 Å². The maximum atomic E-state index is 12.4. The average molecular weight is 373 g/mol. The minimum atomic E-state index is -3.65. The second-order valence-electron chi connectivity index (χ2n) is 4.62. The van der Waals surface area contributed by atoms with Crippen molar-refractivity contribution in [1.82, 2.24) is 20.2 Å². The Morgan fingerprint density at radius 1 is 1.33 bits per heavy atom. The predicted molar refractivity (Wildman–Crippen MR) is 84.3 cm³/mol. The fourth-order valence-electron chi connectivity index (χ4n) is 1.93. The Hall–Kier alpha value is -1.22. The Balaban J connectivity index is 2.19. The molecular formula is C13H17BrN4O2S. The highest BCUT2D eigenvalue weighted by Crippen LogP contribution is 2.17. The summed E-state index contributed by atoms with van der Waals surface area (Å²) in [6.45, 7) is 2.45. The first-order valence-electron chi connectivity index (χ1n) is 6.36. The van der Waals surface area contributed by atoms with Gasteiger partial charge in [0.05, 0.1) is 0 Å². The van der Waals surface area contributed by atoms with Crippen molar-refractivity contribution >= 4 is 26.0 Å². The van der Waals surface area contributed by atoms with Crippen molar-refractivity contribution in [2.24, 2.45) is 0 Å². The van der Waals surface area contributed by atoms with E-state index >= 15 is 0 Å². The van der Waals surface area contributed by atoms with Crippen LogP contribution in [-0.2, 0) is 23.1 Å². The molecule has 0 aliphatic heterocycles. The van der Waals surface area contributed by atoms with E-state index in [9.17, 15) is 8.42 Å². The highest BCUT2D eigenvalue weighted by Gasteiger charge is 2.23. The number of nitrogens with zero attached hydrogens (tertiary/aromatic N) is 1. The molecule has 0 radical (unpaired) electrons. The summed E-state index contributed by atoms with van der Waals surface area (Å²) in [7, 11) is -1.89. The second kappa shape index (κ2) is 6.69. The third-order valence-electron chi connectivity index (χ3n) is 3.00. The van der Waals surface area contributed by atoms with Crippen LogP contribution in [0.2, 0.25) is 0 Å². The third-order valence-corrected chi connectivity index (χ3v) is 4.86. The molecule has 0 amide bonds. The molecule has 1 aromatic carbocycles. The van der Waals surface area contributed by atoms with E-state index in [1.165, 1.54) is 0 Å². The third kappa shape index (κ3) is 3.91. The van der Waals surface area contributed by atoms with Crippen LogP contribution in [0.5, 0.6) is 0 Å². The number of aromatic amines is 1. The van der Waals surface area contributed by atoms with Crippen LogP contribution >= 0.6 is 15.9 Å². The Morgan fingerprint density at radius 2 is 2.10 bits per heavy atom. The zero-order valence-corrected chi connectivity index (χ0v) is 14.2. The van der Waals surface area contributed by atoms with Crippen molar-refractivity contribution in [2.45, 2.75) is 25.0 Å². The van der Waals surface area contributed by atoms with Gasteiger partial charge in [0.25, 0.3) is 10.0 Å². The van der Waals surface area contributed by atoms with Crippen LogP contribution < -0.4 is 10.0 Å². The fourth-order valence-corrected chi connectivity index (χ4v) is 3.59. The van der Waals surface area contributed by atoms with Gasteiger partial charge in [-0.1, -0.05) is 28.1 Å². The van der Waals surface area contributed by atoms with Crippen LogP contribution in [0.15, 0.2) is 33.8 Å². The lowest BCUT2D eigenvalue weighted by molar-refractivity contribution is 0.575. The van der Waals surface area contributed by atoms with E-state index in [1.807, 2.05) is 24.3 Å². The molecular weight excluding hydrogens is 356 g/mol. The zero-order valence-electron chi connectivity index (χ0n) is 11.8. The van der Waals surface area contributed by atoms with Gasteiger partial charge in [0.15, 0.2) is 5.03 Å². The van der Waals surface area contributed by atoms with Gasteiger partial charge in [-0.3, -0.25) is 5.10 Å². The van der Waals surface area contributed by atoms with Gasteiger partial charge in [-0.15, -0.1) is 0 Å². The number of aromatic nitrogens is 2. The molecule has 0 saturated heterocycles. The Bertz CT molecular complexity index is 728. The Morgan fingerprint density at radius 3 is 2.76 bits per heavy atom. The van der Waals surface area contributed by atoms with Gasteiger partial charge in [-0.25, -0.2) is 13.1 Å². The number of halogens is 1. The van der Waals surface area contributed by atoms with Crippen LogP contribution in [0.4, 0.5) is 0 Å². The SMILES string of the molecule is CNCc1c(S(=O)(=O)NCc2cccc(Br)c2)n[nH]c1C. The lowest BCUT2D eigenvalue weighted by Gasteiger charge is -2.07. The molecule has 0 aliphatic carbocycles. The highest BCUT2D eigenvalue weighted by atomic mass is 79.9. The van der Waals surface area contributed by atoms with E-state index < -0.39 is 10.0 Å². The zero-order chi connectivity index (χ0) is 15.5. The molecule has 2 aromatic rings. The highest BCUT2D eigenvalue weighted by molar-refractivity contribution is 9.10. The van der Waals surface area contributed by atoms with Crippen LogP contribution in [0.25, 0.3) is 0 Å². The molecule has 2 rings (SSSR count). The molecule has 0 fully saturated rings. The molecule has 0 unspecified atom stereocenters. The topological polar surface area (TPSA) is 86.9 Å². The van der Waals surface area contributed by atoms with Crippen LogP contribution in [-0.4, -0.2) is 25.7 Å². The average Bonchev–Trinajstić information content (AvgIpc) is 2.80. The number of benzene rings is 1. The quantitative estimate of drug-likeness (QED) is 0.719. The van der Waals surface area contributed by atoms with E-state index in [4.69, 9.17) is 0 Å². The molecule has 1 heterocycles. The summed E-state index contributed by atoms with van der Waals surface area (Å²) in [5.74, 6) is 0. The first-order valence-corrected chi connectivity index (χ1v) is 8.64. The first kappa shape index (κ1) is 16.2. The van der Waals surface area contributed by atoms with Gasteiger partial charge in [-0.2, -0.15) is 5.10 Å².